The molecular formula is C15H13ClN2O. The van der Waals surface area contributed by atoms with Gasteiger partial charge in [-0.1, -0.05) is 18.5 Å². The predicted octanol–water partition coefficient (Wildman–Crippen LogP) is 3.75. The predicted molar refractivity (Wildman–Crippen MR) is 74.1 cm³/mol. The lowest BCUT2D eigenvalue weighted by molar-refractivity contribution is 0.306. The van der Waals surface area contributed by atoms with Gasteiger partial charge in [-0.2, -0.15) is 5.26 Å². The molecule has 0 aliphatic carbocycles. The average molecular weight is 273 g/mol. The number of ether oxygens (including phenoxy) is 1. The molecule has 0 aliphatic rings. The molecule has 2 rings (SSSR count). The number of aromatic nitrogens is 1. The highest BCUT2D eigenvalue weighted by Gasteiger charge is 2.02. The number of benzene rings is 1. The second-order valence-electron chi connectivity index (χ2n) is 4.06. The van der Waals surface area contributed by atoms with Crippen LogP contribution < -0.4 is 4.74 Å². The lowest BCUT2D eigenvalue weighted by Gasteiger charge is -2.08. The number of halogens is 1. The number of aryl methyl sites for hydroxylation is 1. The SMILES string of the molecule is CCc1cc(OCc2ccnc(C#N)c2)ccc1Cl. The number of rotatable bonds is 4. The Labute approximate surface area is 117 Å². The fourth-order valence-electron chi connectivity index (χ4n) is 1.70. The smallest absolute Gasteiger partial charge is 0.140 e. The van der Waals surface area contributed by atoms with Crippen LogP contribution in [0, 0.1) is 11.3 Å². The fraction of sp³-hybridized carbons (Fsp3) is 0.200. The molecule has 0 radical (unpaired) electrons. The molecule has 0 N–H and O–H groups in total. The zero-order chi connectivity index (χ0) is 13.7. The zero-order valence-electron chi connectivity index (χ0n) is 10.6. The van der Waals surface area contributed by atoms with E-state index in [0.717, 1.165) is 28.3 Å². The minimum absolute atomic E-state index is 0.395. The molecule has 0 saturated carbocycles. The molecule has 0 spiro atoms. The molecule has 96 valence electrons. The first-order valence-electron chi connectivity index (χ1n) is 5.99. The lowest BCUT2D eigenvalue weighted by Crippen LogP contribution is -1.97. The van der Waals surface area contributed by atoms with Crippen molar-refractivity contribution in [2.45, 2.75) is 20.0 Å². The Balaban J connectivity index is 2.08. The van der Waals surface area contributed by atoms with Crippen molar-refractivity contribution < 1.29 is 4.74 Å². The van der Waals surface area contributed by atoms with E-state index < -0.39 is 0 Å². The Hall–Kier alpha value is -2.05. The Morgan fingerprint density at radius 1 is 1.32 bits per heavy atom. The van der Waals surface area contributed by atoms with Gasteiger partial charge in [-0.3, -0.25) is 0 Å². The third kappa shape index (κ3) is 3.46. The van der Waals surface area contributed by atoms with Gasteiger partial charge >= 0.3 is 0 Å². The van der Waals surface area contributed by atoms with Gasteiger partial charge in [0, 0.05) is 11.2 Å². The largest absolute Gasteiger partial charge is 0.489 e. The zero-order valence-corrected chi connectivity index (χ0v) is 11.3. The summed E-state index contributed by atoms with van der Waals surface area (Å²) in [6.45, 7) is 2.45. The van der Waals surface area contributed by atoms with E-state index in [0.29, 0.717) is 12.3 Å². The van der Waals surface area contributed by atoms with E-state index in [1.165, 1.54) is 0 Å². The third-order valence-corrected chi connectivity index (χ3v) is 3.11. The molecule has 1 aromatic carbocycles. The van der Waals surface area contributed by atoms with Crippen LogP contribution in [0.5, 0.6) is 5.75 Å². The molecule has 2 aromatic rings. The van der Waals surface area contributed by atoms with Crippen molar-refractivity contribution in [2.75, 3.05) is 0 Å². The summed E-state index contributed by atoms with van der Waals surface area (Å²) < 4.78 is 5.69. The second kappa shape index (κ2) is 6.21. The van der Waals surface area contributed by atoms with Crippen molar-refractivity contribution in [3.63, 3.8) is 0 Å². The van der Waals surface area contributed by atoms with Gasteiger partial charge in [0.2, 0.25) is 0 Å². The van der Waals surface area contributed by atoms with Crippen molar-refractivity contribution >= 4 is 11.6 Å². The summed E-state index contributed by atoms with van der Waals surface area (Å²) in [5.74, 6) is 0.775. The van der Waals surface area contributed by atoms with Gasteiger partial charge in [-0.05, 0) is 47.9 Å². The van der Waals surface area contributed by atoms with E-state index in [1.807, 2.05) is 37.3 Å². The summed E-state index contributed by atoms with van der Waals surface area (Å²) in [5.41, 5.74) is 2.37. The van der Waals surface area contributed by atoms with Gasteiger partial charge in [0.15, 0.2) is 0 Å². The number of nitrogens with zero attached hydrogens (tertiary/aromatic N) is 2. The summed E-state index contributed by atoms with van der Waals surface area (Å²) in [4.78, 5) is 3.92. The minimum atomic E-state index is 0.395. The first kappa shape index (κ1) is 13.4. The van der Waals surface area contributed by atoms with Gasteiger partial charge in [0.1, 0.15) is 24.1 Å². The molecule has 19 heavy (non-hydrogen) atoms. The molecule has 0 unspecified atom stereocenters. The number of nitriles is 1. The summed E-state index contributed by atoms with van der Waals surface area (Å²) in [7, 11) is 0. The van der Waals surface area contributed by atoms with Crippen molar-refractivity contribution in [3.8, 4) is 11.8 Å². The van der Waals surface area contributed by atoms with Crippen LogP contribution in [0.2, 0.25) is 5.02 Å². The third-order valence-electron chi connectivity index (χ3n) is 2.74. The Bertz CT molecular complexity index is 620. The first-order valence-corrected chi connectivity index (χ1v) is 6.37. The lowest BCUT2D eigenvalue weighted by atomic mass is 10.1. The van der Waals surface area contributed by atoms with Crippen LogP contribution in [0.4, 0.5) is 0 Å². The maximum atomic E-state index is 8.78. The highest BCUT2D eigenvalue weighted by Crippen LogP contribution is 2.23. The van der Waals surface area contributed by atoms with Crippen molar-refractivity contribution in [3.05, 3.63) is 58.4 Å². The molecule has 0 fully saturated rings. The van der Waals surface area contributed by atoms with Crippen LogP contribution in [0.25, 0.3) is 0 Å². The topological polar surface area (TPSA) is 45.9 Å². The Kier molecular flexibility index (Phi) is 4.38. The highest BCUT2D eigenvalue weighted by molar-refractivity contribution is 6.31. The fourth-order valence-corrected chi connectivity index (χ4v) is 1.95. The standard InChI is InChI=1S/C15H13ClN2O/c1-2-12-8-14(3-4-15(12)16)19-10-11-5-6-18-13(7-11)9-17/h3-8H,2,10H2,1H3. The van der Waals surface area contributed by atoms with Gasteiger partial charge in [0.05, 0.1) is 0 Å². The molecule has 1 heterocycles. The van der Waals surface area contributed by atoms with Gasteiger partial charge < -0.3 is 4.74 Å². The number of pyridine rings is 1. The van der Waals surface area contributed by atoms with E-state index in [-0.39, 0.29) is 0 Å². The van der Waals surface area contributed by atoms with Crippen molar-refractivity contribution in [1.29, 1.82) is 5.26 Å². The van der Waals surface area contributed by atoms with Crippen molar-refractivity contribution in [2.24, 2.45) is 0 Å². The molecule has 0 amide bonds. The maximum Gasteiger partial charge on any atom is 0.140 e. The minimum Gasteiger partial charge on any atom is -0.489 e. The maximum absolute atomic E-state index is 8.78. The number of hydrogen-bond acceptors (Lipinski definition) is 3. The van der Waals surface area contributed by atoms with E-state index in [2.05, 4.69) is 4.98 Å². The van der Waals surface area contributed by atoms with Crippen LogP contribution in [0.3, 0.4) is 0 Å². The molecule has 3 nitrogen and oxygen atoms in total. The summed E-state index contributed by atoms with van der Waals surface area (Å²) in [5, 5.41) is 9.53. The van der Waals surface area contributed by atoms with E-state index >= 15 is 0 Å². The highest BCUT2D eigenvalue weighted by atomic mass is 35.5. The monoisotopic (exact) mass is 272 g/mol. The van der Waals surface area contributed by atoms with Crippen LogP contribution in [-0.4, -0.2) is 4.98 Å². The van der Waals surface area contributed by atoms with Gasteiger partial charge in [-0.15, -0.1) is 0 Å². The molecular weight excluding hydrogens is 260 g/mol. The molecule has 0 bridgehead atoms. The van der Waals surface area contributed by atoms with E-state index in [4.69, 9.17) is 21.6 Å². The molecule has 4 heteroatoms. The average Bonchev–Trinajstić information content (AvgIpc) is 2.46. The Morgan fingerprint density at radius 2 is 2.16 bits per heavy atom. The Morgan fingerprint density at radius 3 is 2.89 bits per heavy atom. The quantitative estimate of drug-likeness (QED) is 0.851. The summed E-state index contributed by atoms with van der Waals surface area (Å²) >= 11 is 6.05. The van der Waals surface area contributed by atoms with Crippen LogP contribution in [-0.2, 0) is 13.0 Å². The van der Waals surface area contributed by atoms with Crippen LogP contribution in [0.15, 0.2) is 36.5 Å². The second-order valence-corrected chi connectivity index (χ2v) is 4.46. The van der Waals surface area contributed by atoms with Crippen LogP contribution >= 0.6 is 11.6 Å². The molecule has 1 aromatic heterocycles. The van der Waals surface area contributed by atoms with E-state index in [9.17, 15) is 0 Å². The molecule has 0 saturated heterocycles. The summed E-state index contributed by atoms with van der Waals surface area (Å²) in [6.07, 6.45) is 2.47. The summed E-state index contributed by atoms with van der Waals surface area (Å²) in [6, 6.07) is 11.2. The molecule has 0 atom stereocenters. The molecule has 0 aliphatic heterocycles. The van der Waals surface area contributed by atoms with Crippen LogP contribution in [0.1, 0.15) is 23.7 Å². The van der Waals surface area contributed by atoms with Gasteiger partial charge in [0.25, 0.3) is 0 Å². The van der Waals surface area contributed by atoms with Gasteiger partial charge in [-0.25, -0.2) is 4.98 Å². The normalized spacial score (nSPS) is 9.95. The first-order chi connectivity index (χ1) is 9.22. The number of hydrogen-bond donors (Lipinski definition) is 0. The van der Waals surface area contributed by atoms with E-state index in [1.54, 1.807) is 12.3 Å². The van der Waals surface area contributed by atoms with Crippen molar-refractivity contribution in [1.82, 2.24) is 4.98 Å².